The van der Waals surface area contributed by atoms with E-state index in [4.69, 9.17) is 4.74 Å². The van der Waals surface area contributed by atoms with Gasteiger partial charge in [-0.3, -0.25) is 4.79 Å². The van der Waals surface area contributed by atoms with E-state index in [9.17, 15) is 18.0 Å². The molecule has 0 aromatic heterocycles. The summed E-state index contributed by atoms with van der Waals surface area (Å²) in [7, 11) is 0. The number of amides is 1. The number of nitrogens with one attached hydrogen (secondary N) is 1. The Bertz CT molecular complexity index is 889. The van der Waals surface area contributed by atoms with E-state index in [1.165, 1.54) is 12.1 Å². The van der Waals surface area contributed by atoms with Gasteiger partial charge in [-0.25, -0.2) is 0 Å². The van der Waals surface area contributed by atoms with Gasteiger partial charge in [-0.1, -0.05) is 30.3 Å². The zero-order valence-corrected chi connectivity index (χ0v) is 14.2. The van der Waals surface area contributed by atoms with Crippen molar-refractivity contribution in [1.29, 1.82) is 0 Å². The lowest BCUT2D eigenvalue weighted by Gasteiger charge is -2.09. The van der Waals surface area contributed by atoms with Crippen LogP contribution >= 0.6 is 0 Å². The summed E-state index contributed by atoms with van der Waals surface area (Å²) in [6, 6.07) is 20.6. The molecule has 1 amide bonds. The zero-order valence-electron chi connectivity index (χ0n) is 14.2. The van der Waals surface area contributed by atoms with Gasteiger partial charge in [0, 0.05) is 12.1 Å². The van der Waals surface area contributed by atoms with Crippen molar-refractivity contribution in [3.63, 3.8) is 0 Å². The third kappa shape index (κ3) is 5.10. The first-order valence-corrected chi connectivity index (χ1v) is 8.19. The first-order valence-electron chi connectivity index (χ1n) is 8.19. The highest BCUT2D eigenvalue weighted by Crippen LogP contribution is 2.29. The van der Waals surface area contributed by atoms with E-state index >= 15 is 0 Å². The predicted octanol–water partition coefficient (Wildman–Crippen LogP) is 5.43. The minimum atomic E-state index is -4.37. The molecule has 0 saturated carbocycles. The summed E-state index contributed by atoms with van der Waals surface area (Å²) in [6.45, 7) is 0.138. The van der Waals surface area contributed by atoms with Crippen molar-refractivity contribution in [2.75, 3.05) is 0 Å². The van der Waals surface area contributed by atoms with Crippen molar-refractivity contribution in [3.05, 3.63) is 95.6 Å². The molecule has 3 rings (SSSR count). The van der Waals surface area contributed by atoms with Crippen LogP contribution in [0.25, 0.3) is 0 Å². The zero-order chi connectivity index (χ0) is 19.3. The van der Waals surface area contributed by atoms with Crippen LogP contribution in [0.4, 0.5) is 13.2 Å². The van der Waals surface area contributed by atoms with E-state index in [1.54, 1.807) is 24.3 Å². The van der Waals surface area contributed by atoms with Crippen LogP contribution in [-0.4, -0.2) is 5.91 Å². The van der Waals surface area contributed by atoms with Crippen LogP contribution in [0, 0.1) is 0 Å². The average molecular weight is 371 g/mol. The number of ether oxygens (including phenoxy) is 1. The van der Waals surface area contributed by atoms with Crippen molar-refractivity contribution in [2.45, 2.75) is 12.7 Å². The molecule has 0 aliphatic heterocycles. The van der Waals surface area contributed by atoms with Crippen LogP contribution < -0.4 is 10.1 Å². The highest BCUT2D eigenvalue weighted by Gasteiger charge is 2.29. The molecule has 0 heterocycles. The van der Waals surface area contributed by atoms with E-state index < -0.39 is 11.7 Å². The number of carbonyl (C=O) groups is 1. The molecule has 3 nitrogen and oxygen atoms in total. The number of benzene rings is 3. The van der Waals surface area contributed by atoms with Crippen molar-refractivity contribution in [2.24, 2.45) is 0 Å². The van der Waals surface area contributed by atoms with Gasteiger partial charge in [0.1, 0.15) is 11.5 Å². The predicted molar refractivity (Wildman–Crippen MR) is 95.6 cm³/mol. The van der Waals surface area contributed by atoms with Gasteiger partial charge in [0.05, 0.1) is 5.56 Å². The van der Waals surface area contributed by atoms with E-state index in [1.807, 2.05) is 30.3 Å². The number of para-hydroxylation sites is 1. The Balaban J connectivity index is 1.56. The number of rotatable bonds is 5. The summed E-state index contributed by atoms with van der Waals surface area (Å²) in [5, 5.41) is 2.68. The SMILES string of the molecule is O=C(NCc1ccc(C(F)(F)F)cc1)c1ccc(Oc2ccccc2)cc1. The van der Waals surface area contributed by atoms with Crippen LogP contribution in [-0.2, 0) is 12.7 Å². The molecule has 0 radical (unpaired) electrons. The monoisotopic (exact) mass is 371 g/mol. The molecule has 3 aromatic carbocycles. The molecule has 1 N–H and O–H groups in total. The van der Waals surface area contributed by atoms with Gasteiger partial charge in [-0.05, 0) is 54.1 Å². The first kappa shape index (κ1) is 18.5. The second kappa shape index (κ2) is 7.95. The molecule has 0 spiro atoms. The Kier molecular flexibility index (Phi) is 5.45. The molecular formula is C21H16F3NO2. The van der Waals surface area contributed by atoms with Crippen LogP contribution in [0.15, 0.2) is 78.9 Å². The van der Waals surface area contributed by atoms with Crippen LogP contribution in [0.5, 0.6) is 11.5 Å². The summed E-state index contributed by atoms with van der Waals surface area (Å²) in [5.41, 5.74) is 0.300. The fourth-order valence-corrected chi connectivity index (χ4v) is 2.39. The van der Waals surface area contributed by atoms with Gasteiger partial charge in [-0.2, -0.15) is 13.2 Å². The molecular weight excluding hydrogens is 355 g/mol. The number of hydrogen-bond donors (Lipinski definition) is 1. The van der Waals surface area contributed by atoms with Crippen LogP contribution in [0.1, 0.15) is 21.5 Å². The molecule has 0 bridgehead atoms. The maximum Gasteiger partial charge on any atom is 0.416 e. The quantitative estimate of drug-likeness (QED) is 0.650. The lowest BCUT2D eigenvalue weighted by Crippen LogP contribution is -2.22. The summed E-state index contributed by atoms with van der Waals surface area (Å²) in [6.07, 6.45) is -4.37. The Morgan fingerprint density at radius 1 is 0.815 bits per heavy atom. The third-order valence-corrected chi connectivity index (χ3v) is 3.83. The maximum absolute atomic E-state index is 12.5. The number of hydrogen-bond acceptors (Lipinski definition) is 2. The molecule has 0 unspecified atom stereocenters. The van der Waals surface area contributed by atoms with Gasteiger partial charge < -0.3 is 10.1 Å². The van der Waals surface area contributed by atoms with Crippen molar-refractivity contribution >= 4 is 5.91 Å². The minimum absolute atomic E-state index is 0.138. The Morgan fingerprint density at radius 3 is 2.00 bits per heavy atom. The summed E-state index contributed by atoms with van der Waals surface area (Å²) < 4.78 is 43.3. The van der Waals surface area contributed by atoms with Gasteiger partial charge in [0.15, 0.2) is 0 Å². The molecule has 0 atom stereocenters. The van der Waals surface area contributed by atoms with Crippen LogP contribution in [0.2, 0.25) is 0 Å². The lowest BCUT2D eigenvalue weighted by atomic mass is 10.1. The first-order chi connectivity index (χ1) is 12.9. The lowest BCUT2D eigenvalue weighted by molar-refractivity contribution is -0.137. The molecule has 27 heavy (non-hydrogen) atoms. The Labute approximate surface area is 154 Å². The second-order valence-corrected chi connectivity index (χ2v) is 5.82. The Morgan fingerprint density at radius 2 is 1.41 bits per heavy atom. The minimum Gasteiger partial charge on any atom is -0.457 e. The molecule has 138 valence electrons. The van der Waals surface area contributed by atoms with E-state index in [2.05, 4.69) is 5.32 Å². The van der Waals surface area contributed by atoms with Gasteiger partial charge >= 0.3 is 6.18 Å². The molecule has 0 aliphatic rings. The molecule has 0 aliphatic carbocycles. The molecule has 0 fully saturated rings. The third-order valence-electron chi connectivity index (χ3n) is 3.83. The van der Waals surface area contributed by atoms with Gasteiger partial charge in [-0.15, -0.1) is 0 Å². The number of carbonyl (C=O) groups excluding carboxylic acids is 1. The standard InChI is InChI=1S/C21H16F3NO2/c22-21(23,24)17-10-6-15(7-11-17)14-25-20(26)16-8-12-19(13-9-16)27-18-4-2-1-3-5-18/h1-13H,14H2,(H,25,26). The average Bonchev–Trinajstić information content (AvgIpc) is 2.67. The smallest absolute Gasteiger partial charge is 0.416 e. The maximum atomic E-state index is 12.5. The largest absolute Gasteiger partial charge is 0.457 e. The fraction of sp³-hybridized carbons (Fsp3) is 0.0952. The normalized spacial score (nSPS) is 11.1. The molecule has 6 heteroatoms. The highest BCUT2D eigenvalue weighted by molar-refractivity contribution is 5.94. The highest BCUT2D eigenvalue weighted by atomic mass is 19.4. The summed E-state index contributed by atoms with van der Waals surface area (Å²) in [5.74, 6) is 0.971. The number of alkyl halides is 3. The van der Waals surface area contributed by atoms with Crippen molar-refractivity contribution < 1.29 is 22.7 Å². The Hall–Kier alpha value is -3.28. The van der Waals surface area contributed by atoms with Crippen molar-refractivity contribution in [1.82, 2.24) is 5.32 Å². The van der Waals surface area contributed by atoms with E-state index in [-0.39, 0.29) is 12.5 Å². The van der Waals surface area contributed by atoms with Gasteiger partial charge in [0.2, 0.25) is 0 Å². The molecule has 0 saturated heterocycles. The van der Waals surface area contributed by atoms with E-state index in [0.717, 1.165) is 12.1 Å². The topological polar surface area (TPSA) is 38.3 Å². The van der Waals surface area contributed by atoms with Gasteiger partial charge in [0.25, 0.3) is 5.91 Å². The summed E-state index contributed by atoms with van der Waals surface area (Å²) in [4.78, 5) is 12.2. The van der Waals surface area contributed by atoms with Crippen LogP contribution in [0.3, 0.4) is 0 Å². The number of halogens is 3. The second-order valence-electron chi connectivity index (χ2n) is 5.82. The summed E-state index contributed by atoms with van der Waals surface area (Å²) >= 11 is 0. The fourth-order valence-electron chi connectivity index (χ4n) is 2.39. The van der Waals surface area contributed by atoms with Crippen molar-refractivity contribution in [3.8, 4) is 11.5 Å². The molecule has 3 aromatic rings. The van der Waals surface area contributed by atoms with E-state index in [0.29, 0.717) is 22.6 Å².